The van der Waals surface area contributed by atoms with Gasteiger partial charge < -0.3 is 14.7 Å². The van der Waals surface area contributed by atoms with E-state index in [4.69, 9.17) is 4.74 Å². The summed E-state index contributed by atoms with van der Waals surface area (Å²) in [5.41, 5.74) is 1.83. The average Bonchev–Trinajstić information content (AvgIpc) is 2.36. The first-order valence-corrected chi connectivity index (χ1v) is 5.72. The summed E-state index contributed by atoms with van der Waals surface area (Å²) in [5, 5.41) is 9.19. The summed E-state index contributed by atoms with van der Waals surface area (Å²) < 4.78 is 5.25. The number of carbonyl (C=O) groups is 2. The smallest absolute Gasteiger partial charge is 0.336 e. The van der Waals surface area contributed by atoms with E-state index in [1.807, 2.05) is 0 Å². The van der Waals surface area contributed by atoms with Crippen molar-refractivity contribution >= 4 is 11.9 Å². The van der Waals surface area contributed by atoms with Crippen LogP contribution in [0.5, 0.6) is 5.75 Å². The monoisotopic (exact) mass is 249 g/mol. The molecular formula is C13H15NO4. The Balaban J connectivity index is 2.51. The first-order valence-electron chi connectivity index (χ1n) is 5.72. The number of aromatic carboxylic acids is 1. The quantitative estimate of drug-likeness (QED) is 0.857. The number of hydrogen-bond donors (Lipinski definition) is 1. The molecule has 96 valence electrons. The van der Waals surface area contributed by atoms with Gasteiger partial charge in [-0.2, -0.15) is 0 Å². The largest absolute Gasteiger partial charge is 0.496 e. The van der Waals surface area contributed by atoms with E-state index < -0.39 is 5.97 Å². The average molecular weight is 249 g/mol. The van der Waals surface area contributed by atoms with E-state index in [9.17, 15) is 14.7 Å². The highest BCUT2D eigenvalue weighted by molar-refractivity contribution is 5.90. The molecule has 0 radical (unpaired) electrons. The molecule has 1 aromatic carbocycles. The van der Waals surface area contributed by atoms with E-state index in [2.05, 4.69) is 0 Å². The SMILES string of the molecule is COc1ccc(C(=O)O)c2c1CCN(C(C)=O)C2. The Labute approximate surface area is 105 Å². The van der Waals surface area contributed by atoms with Crippen molar-refractivity contribution in [3.05, 3.63) is 28.8 Å². The fourth-order valence-electron chi connectivity index (χ4n) is 2.30. The van der Waals surface area contributed by atoms with Crippen molar-refractivity contribution in [1.82, 2.24) is 4.90 Å². The van der Waals surface area contributed by atoms with Gasteiger partial charge in [-0.05, 0) is 24.1 Å². The second-order valence-corrected chi connectivity index (χ2v) is 4.27. The van der Waals surface area contributed by atoms with Gasteiger partial charge >= 0.3 is 5.97 Å². The van der Waals surface area contributed by atoms with Gasteiger partial charge in [0.2, 0.25) is 5.91 Å². The fraction of sp³-hybridized carbons (Fsp3) is 0.385. The molecule has 1 N–H and O–H groups in total. The van der Waals surface area contributed by atoms with Crippen molar-refractivity contribution in [3.8, 4) is 5.75 Å². The van der Waals surface area contributed by atoms with Gasteiger partial charge in [0.05, 0.1) is 12.7 Å². The van der Waals surface area contributed by atoms with E-state index in [0.29, 0.717) is 30.8 Å². The Morgan fingerprint density at radius 2 is 2.06 bits per heavy atom. The van der Waals surface area contributed by atoms with Crippen LogP contribution in [0, 0.1) is 0 Å². The summed E-state index contributed by atoms with van der Waals surface area (Å²) in [5.74, 6) is -0.322. The number of carbonyl (C=O) groups excluding carboxylic acids is 1. The third-order valence-electron chi connectivity index (χ3n) is 3.26. The molecule has 5 heteroatoms. The molecule has 1 aliphatic heterocycles. The number of carboxylic acids is 1. The number of nitrogens with zero attached hydrogens (tertiary/aromatic N) is 1. The van der Waals surface area contributed by atoms with Gasteiger partial charge in [0.15, 0.2) is 0 Å². The Morgan fingerprint density at radius 3 is 2.61 bits per heavy atom. The number of carboxylic acid groups (broad SMARTS) is 1. The Kier molecular flexibility index (Phi) is 3.23. The summed E-state index contributed by atoms with van der Waals surface area (Å²) in [4.78, 5) is 24.2. The molecule has 1 amide bonds. The lowest BCUT2D eigenvalue weighted by molar-refractivity contribution is -0.129. The van der Waals surface area contributed by atoms with Gasteiger partial charge in [0.25, 0.3) is 0 Å². The lowest BCUT2D eigenvalue weighted by Crippen LogP contribution is -2.35. The Bertz CT molecular complexity index is 510. The van der Waals surface area contributed by atoms with E-state index in [1.165, 1.54) is 13.0 Å². The molecular weight excluding hydrogens is 234 g/mol. The van der Waals surface area contributed by atoms with Crippen LogP contribution in [0.2, 0.25) is 0 Å². The molecule has 0 aliphatic carbocycles. The minimum absolute atomic E-state index is 0.0418. The molecule has 0 spiro atoms. The predicted octanol–water partition coefficient (Wildman–Crippen LogP) is 1.30. The van der Waals surface area contributed by atoms with Gasteiger partial charge in [0, 0.05) is 25.6 Å². The molecule has 1 heterocycles. The number of rotatable bonds is 2. The topological polar surface area (TPSA) is 66.8 Å². The zero-order valence-electron chi connectivity index (χ0n) is 10.4. The van der Waals surface area contributed by atoms with Gasteiger partial charge in [-0.1, -0.05) is 0 Å². The number of benzene rings is 1. The maximum absolute atomic E-state index is 11.4. The zero-order valence-corrected chi connectivity index (χ0v) is 10.4. The van der Waals surface area contributed by atoms with E-state index >= 15 is 0 Å². The highest BCUT2D eigenvalue weighted by Gasteiger charge is 2.25. The molecule has 0 saturated carbocycles. The molecule has 0 saturated heterocycles. The molecule has 0 bridgehead atoms. The van der Waals surface area contributed by atoms with Gasteiger partial charge in [-0.15, -0.1) is 0 Å². The standard InChI is InChI=1S/C13H15NO4/c1-8(15)14-6-5-9-11(7-14)10(13(16)17)3-4-12(9)18-2/h3-4H,5-7H2,1-2H3,(H,16,17). The van der Waals surface area contributed by atoms with E-state index in [0.717, 1.165) is 5.56 Å². The van der Waals surface area contributed by atoms with Gasteiger partial charge in [0.1, 0.15) is 5.75 Å². The molecule has 1 aromatic rings. The van der Waals surface area contributed by atoms with Crippen LogP contribution in [0.3, 0.4) is 0 Å². The van der Waals surface area contributed by atoms with Crippen LogP contribution in [-0.2, 0) is 17.8 Å². The normalized spacial score (nSPS) is 14.0. The minimum atomic E-state index is -0.973. The highest BCUT2D eigenvalue weighted by atomic mass is 16.5. The second kappa shape index (κ2) is 4.68. The Hall–Kier alpha value is -2.04. The van der Waals surface area contributed by atoms with Gasteiger partial charge in [-0.25, -0.2) is 4.79 Å². The summed E-state index contributed by atoms with van der Waals surface area (Å²) in [7, 11) is 1.56. The van der Waals surface area contributed by atoms with Crippen LogP contribution in [0.1, 0.15) is 28.4 Å². The number of methoxy groups -OCH3 is 1. The summed E-state index contributed by atoms with van der Waals surface area (Å²) >= 11 is 0. The van der Waals surface area contributed by atoms with Crippen LogP contribution in [-0.4, -0.2) is 35.5 Å². The van der Waals surface area contributed by atoms with E-state index in [1.54, 1.807) is 18.1 Å². The third-order valence-corrected chi connectivity index (χ3v) is 3.26. The highest BCUT2D eigenvalue weighted by Crippen LogP contribution is 2.30. The molecule has 2 rings (SSSR count). The number of fused-ring (bicyclic) bond motifs is 1. The van der Waals surface area contributed by atoms with Crippen LogP contribution >= 0.6 is 0 Å². The van der Waals surface area contributed by atoms with Gasteiger partial charge in [-0.3, -0.25) is 4.79 Å². The number of ether oxygens (including phenoxy) is 1. The van der Waals surface area contributed by atoms with Crippen molar-refractivity contribution in [2.45, 2.75) is 19.9 Å². The van der Waals surface area contributed by atoms with Crippen molar-refractivity contribution < 1.29 is 19.4 Å². The maximum atomic E-state index is 11.4. The third kappa shape index (κ3) is 2.03. The first-order chi connectivity index (χ1) is 8.54. The lowest BCUT2D eigenvalue weighted by Gasteiger charge is -2.29. The minimum Gasteiger partial charge on any atom is -0.496 e. The molecule has 5 nitrogen and oxygen atoms in total. The van der Waals surface area contributed by atoms with Crippen LogP contribution in [0.15, 0.2) is 12.1 Å². The number of amides is 1. The van der Waals surface area contributed by atoms with Crippen molar-refractivity contribution in [1.29, 1.82) is 0 Å². The molecule has 0 unspecified atom stereocenters. The van der Waals surface area contributed by atoms with Crippen LogP contribution in [0.4, 0.5) is 0 Å². The molecule has 0 aromatic heterocycles. The molecule has 1 aliphatic rings. The number of hydrogen-bond acceptors (Lipinski definition) is 3. The zero-order chi connectivity index (χ0) is 13.3. The van der Waals surface area contributed by atoms with Crippen LogP contribution < -0.4 is 4.74 Å². The Morgan fingerprint density at radius 1 is 1.33 bits per heavy atom. The summed E-state index contributed by atoms with van der Waals surface area (Å²) in [6.07, 6.45) is 0.624. The van der Waals surface area contributed by atoms with Crippen molar-refractivity contribution in [2.75, 3.05) is 13.7 Å². The molecule has 0 fully saturated rings. The predicted molar refractivity (Wildman–Crippen MR) is 64.7 cm³/mol. The van der Waals surface area contributed by atoms with Crippen molar-refractivity contribution in [2.24, 2.45) is 0 Å². The summed E-state index contributed by atoms with van der Waals surface area (Å²) in [6, 6.07) is 3.20. The summed E-state index contributed by atoms with van der Waals surface area (Å²) in [6.45, 7) is 2.43. The maximum Gasteiger partial charge on any atom is 0.336 e. The lowest BCUT2D eigenvalue weighted by atomic mass is 9.94. The molecule has 0 atom stereocenters. The van der Waals surface area contributed by atoms with E-state index in [-0.39, 0.29) is 11.5 Å². The van der Waals surface area contributed by atoms with Crippen LogP contribution in [0.25, 0.3) is 0 Å². The van der Waals surface area contributed by atoms with Crippen molar-refractivity contribution in [3.63, 3.8) is 0 Å². The molecule has 18 heavy (non-hydrogen) atoms. The second-order valence-electron chi connectivity index (χ2n) is 4.27. The fourth-order valence-corrected chi connectivity index (χ4v) is 2.30. The first kappa shape index (κ1) is 12.4.